The number of fused-ring (bicyclic) bond motifs is 2. The fraction of sp³-hybridized carbons (Fsp3) is 0.217. The number of hydrogen-bond acceptors (Lipinski definition) is 4. The van der Waals surface area contributed by atoms with Gasteiger partial charge in [0.15, 0.2) is 0 Å². The molecule has 0 bridgehead atoms. The number of aromatic nitrogens is 1. The molecule has 0 unspecified atom stereocenters. The number of sulfonamides is 1. The second-order valence-electron chi connectivity index (χ2n) is 8.21. The molecule has 9 heteroatoms. The first kappa shape index (κ1) is 20.6. The van der Waals surface area contributed by atoms with Crippen molar-refractivity contribution in [2.45, 2.75) is 36.0 Å². The Kier molecular flexibility index (Phi) is 4.56. The van der Waals surface area contributed by atoms with Crippen LogP contribution in [0.5, 0.6) is 0 Å². The summed E-state index contributed by atoms with van der Waals surface area (Å²) in [6, 6.07) is 8.38. The van der Waals surface area contributed by atoms with Gasteiger partial charge in [-0.3, -0.25) is 14.3 Å². The number of benzene rings is 2. The quantitative estimate of drug-likeness (QED) is 0.626. The number of pyridine rings is 1. The van der Waals surface area contributed by atoms with Gasteiger partial charge >= 0.3 is 0 Å². The first-order valence-corrected chi connectivity index (χ1v) is 11.6. The molecule has 1 heterocycles. The molecule has 3 aromatic rings. The van der Waals surface area contributed by atoms with Crippen LogP contribution in [0.15, 0.2) is 58.4 Å². The minimum Gasteiger partial charge on any atom is -0.328 e. The number of ketones is 1. The largest absolute Gasteiger partial charge is 0.328 e. The number of nitrogens with one attached hydrogen (secondary N) is 2. The molecule has 1 fully saturated rings. The zero-order valence-electron chi connectivity index (χ0n) is 16.7. The van der Waals surface area contributed by atoms with Crippen molar-refractivity contribution < 1.29 is 22.0 Å². The zero-order chi connectivity index (χ0) is 22.7. The van der Waals surface area contributed by atoms with Gasteiger partial charge in [-0.1, -0.05) is 6.42 Å². The highest BCUT2D eigenvalue weighted by molar-refractivity contribution is 7.92. The van der Waals surface area contributed by atoms with Crippen molar-refractivity contribution >= 4 is 21.5 Å². The number of carbonyl (C=O) groups is 1. The van der Waals surface area contributed by atoms with Gasteiger partial charge in [0.1, 0.15) is 22.3 Å². The van der Waals surface area contributed by atoms with E-state index in [-0.39, 0.29) is 23.5 Å². The van der Waals surface area contributed by atoms with Crippen LogP contribution >= 0.6 is 0 Å². The molecule has 1 spiro atoms. The Bertz CT molecular complexity index is 1420. The molecule has 2 aliphatic carbocycles. The standard InChI is InChI=1S/C23H18F2N2O4S/c24-14-3-4-20(19(25)8-14)32(30,31)27-15-9-16(13-2-5-22(29)26-12-13)17-11-21(28)23(6-1-7-23)18(17)10-15/h2-5,8-10,12,27H,1,6-7,11H2,(H,26,29). The van der Waals surface area contributed by atoms with Crippen LogP contribution in [-0.4, -0.2) is 19.2 Å². The van der Waals surface area contributed by atoms with Crippen molar-refractivity contribution in [3.63, 3.8) is 0 Å². The Hall–Kier alpha value is -3.33. The molecule has 6 nitrogen and oxygen atoms in total. The van der Waals surface area contributed by atoms with E-state index < -0.39 is 32.0 Å². The predicted octanol–water partition coefficient (Wildman–Crippen LogP) is 3.67. The second-order valence-corrected chi connectivity index (χ2v) is 9.86. The van der Waals surface area contributed by atoms with E-state index in [0.29, 0.717) is 30.0 Å². The number of H-pyrrole nitrogens is 1. The Morgan fingerprint density at radius 3 is 2.41 bits per heavy atom. The molecule has 32 heavy (non-hydrogen) atoms. The third-order valence-corrected chi connectivity index (χ3v) is 7.79. The van der Waals surface area contributed by atoms with Crippen LogP contribution in [-0.2, 0) is 26.7 Å². The molecule has 2 aromatic carbocycles. The lowest BCUT2D eigenvalue weighted by molar-refractivity contribution is -0.125. The van der Waals surface area contributed by atoms with Crippen LogP contribution in [0.3, 0.4) is 0 Å². The van der Waals surface area contributed by atoms with Crippen molar-refractivity contribution in [2.24, 2.45) is 0 Å². The highest BCUT2D eigenvalue weighted by Crippen LogP contribution is 2.53. The van der Waals surface area contributed by atoms with Crippen molar-refractivity contribution in [1.29, 1.82) is 0 Å². The Morgan fingerprint density at radius 1 is 1.00 bits per heavy atom. The molecule has 2 N–H and O–H groups in total. The van der Waals surface area contributed by atoms with Crippen LogP contribution in [0.1, 0.15) is 30.4 Å². The molecule has 0 radical (unpaired) electrons. The number of rotatable bonds is 4. The van der Waals surface area contributed by atoms with Crippen molar-refractivity contribution in [2.75, 3.05) is 4.72 Å². The summed E-state index contributed by atoms with van der Waals surface area (Å²) in [7, 11) is -4.36. The summed E-state index contributed by atoms with van der Waals surface area (Å²) in [5.74, 6) is -2.00. The summed E-state index contributed by atoms with van der Waals surface area (Å²) in [5, 5.41) is 0. The van der Waals surface area contributed by atoms with E-state index in [1.54, 1.807) is 18.2 Å². The lowest BCUT2D eigenvalue weighted by Crippen LogP contribution is -2.39. The number of hydrogen-bond donors (Lipinski definition) is 2. The maximum Gasteiger partial charge on any atom is 0.264 e. The van der Waals surface area contributed by atoms with Gasteiger partial charge in [0.05, 0.1) is 5.41 Å². The fourth-order valence-electron chi connectivity index (χ4n) is 4.65. The summed E-state index contributed by atoms with van der Waals surface area (Å²) in [4.78, 5) is 26.3. The SMILES string of the molecule is O=C1Cc2c(-c3ccc(=O)[nH]c3)cc(NS(=O)(=O)c3ccc(F)cc3F)cc2C12CCC2. The molecule has 1 aromatic heterocycles. The molecule has 0 amide bonds. The van der Waals surface area contributed by atoms with E-state index in [4.69, 9.17) is 0 Å². The molecule has 1 saturated carbocycles. The van der Waals surface area contributed by atoms with E-state index in [1.807, 2.05) is 0 Å². The van der Waals surface area contributed by atoms with Gasteiger partial charge in [0, 0.05) is 30.4 Å². The molecular weight excluding hydrogens is 438 g/mol. The summed E-state index contributed by atoms with van der Waals surface area (Å²) in [6.07, 6.45) is 4.00. The maximum atomic E-state index is 14.2. The second kappa shape index (κ2) is 7.09. The zero-order valence-corrected chi connectivity index (χ0v) is 17.6. The molecule has 0 aliphatic heterocycles. The average molecular weight is 456 g/mol. The Balaban J connectivity index is 1.65. The normalized spacial score (nSPS) is 16.6. The van der Waals surface area contributed by atoms with Crippen molar-refractivity contribution in [1.82, 2.24) is 4.98 Å². The van der Waals surface area contributed by atoms with E-state index in [1.165, 1.54) is 12.3 Å². The minimum atomic E-state index is -4.36. The van der Waals surface area contributed by atoms with E-state index in [2.05, 4.69) is 9.71 Å². The summed E-state index contributed by atoms with van der Waals surface area (Å²) in [5.41, 5.74) is 2.05. The van der Waals surface area contributed by atoms with Crippen LogP contribution in [0.2, 0.25) is 0 Å². The fourth-order valence-corrected chi connectivity index (χ4v) is 5.75. The third kappa shape index (κ3) is 3.15. The number of aromatic amines is 1. The molecule has 164 valence electrons. The highest BCUT2D eigenvalue weighted by Gasteiger charge is 2.51. The lowest BCUT2D eigenvalue weighted by atomic mass is 9.64. The van der Waals surface area contributed by atoms with Gasteiger partial charge in [-0.25, -0.2) is 17.2 Å². The minimum absolute atomic E-state index is 0.0917. The van der Waals surface area contributed by atoms with Crippen LogP contribution in [0, 0.1) is 11.6 Å². The summed E-state index contributed by atoms with van der Waals surface area (Å²) < 4.78 is 55.5. The van der Waals surface area contributed by atoms with Crippen LogP contribution in [0.4, 0.5) is 14.5 Å². The van der Waals surface area contributed by atoms with Gasteiger partial charge in [0.2, 0.25) is 5.56 Å². The first-order chi connectivity index (χ1) is 15.2. The number of carbonyl (C=O) groups excluding carboxylic acids is 1. The molecule has 0 atom stereocenters. The Morgan fingerprint density at radius 2 is 1.78 bits per heavy atom. The monoisotopic (exact) mass is 456 g/mol. The smallest absolute Gasteiger partial charge is 0.264 e. The van der Waals surface area contributed by atoms with Crippen molar-refractivity contribution in [3.05, 3.63) is 81.8 Å². The molecule has 0 saturated heterocycles. The first-order valence-electron chi connectivity index (χ1n) is 10.1. The third-order valence-electron chi connectivity index (χ3n) is 6.37. The molecule has 2 aliphatic rings. The van der Waals surface area contributed by atoms with Gasteiger partial charge in [-0.15, -0.1) is 0 Å². The maximum absolute atomic E-state index is 14.2. The summed E-state index contributed by atoms with van der Waals surface area (Å²) >= 11 is 0. The highest BCUT2D eigenvalue weighted by atomic mass is 32.2. The average Bonchev–Trinajstić information content (AvgIpc) is 2.99. The van der Waals surface area contributed by atoms with Gasteiger partial charge < -0.3 is 4.98 Å². The van der Waals surface area contributed by atoms with Crippen LogP contribution < -0.4 is 10.3 Å². The topological polar surface area (TPSA) is 96.1 Å². The van der Waals surface area contributed by atoms with E-state index >= 15 is 0 Å². The van der Waals surface area contributed by atoms with E-state index in [0.717, 1.165) is 29.7 Å². The lowest BCUT2D eigenvalue weighted by Gasteiger charge is -2.38. The number of Topliss-reactive ketones (excluding diaryl/α,β-unsaturated/α-hetero) is 1. The van der Waals surface area contributed by atoms with E-state index in [9.17, 15) is 26.8 Å². The predicted molar refractivity (Wildman–Crippen MR) is 114 cm³/mol. The van der Waals surface area contributed by atoms with Crippen molar-refractivity contribution in [3.8, 4) is 11.1 Å². The Labute approximate surface area is 182 Å². The van der Waals surface area contributed by atoms with Gasteiger partial charge in [0.25, 0.3) is 10.0 Å². The van der Waals surface area contributed by atoms with Crippen LogP contribution in [0.25, 0.3) is 11.1 Å². The summed E-state index contributed by atoms with van der Waals surface area (Å²) in [6.45, 7) is 0. The molecule has 5 rings (SSSR count). The molecular formula is C23H18F2N2O4S. The number of halogens is 2. The van der Waals surface area contributed by atoms with Gasteiger partial charge in [-0.05, 0) is 65.4 Å². The van der Waals surface area contributed by atoms with Gasteiger partial charge in [-0.2, -0.15) is 0 Å². The number of anilines is 1.